The van der Waals surface area contributed by atoms with Crippen molar-refractivity contribution < 1.29 is 9.59 Å². The van der Waals surface area contributed by atoms with Crippen LogP contribution < -0.4 is 0 Å². The Hall–Kier alpha value is -2.44. The van der Waals surface area contributed by atoms with Crippen molar-refractivity contribution in [3.8, 4) is 0 Å². The maximum atomic E-state index is 12.9. The molecule has 0 unspecified atom stereocenters. The van der Waals surface area contributed by atoms with E-state index in [0.717, 1.165) is 30.9 Å². The highest BCUT2D eigenvalue weighted by Gasteiger charge is 2.37. The zero-order chi connectivity index (χ0) is 17.4. The summed E-state index contributed by atoms with van der Waals surface area (Å²) in [6.07, 6.45) is 4.28. The maximum absolute atomic E-state index is 12.9. The molecule has 0 spiro atoms. The van der Waals surface area contributed by atoms with Gasteiger partial charge in [-0.2, -0.15) is 0 Å². The molecular formula is C18H23N5O2. The molecular weight excluding hydrogens is 318 g/mol. The van der Waals surface area contributed by atoms with Crippen molar-refractivity contribution in [1.82, 2.24) is 24.4 Å². The molecule has 2 aromatic heterocycles. The SMILES string of the molecule is CCN1C[C@H](C(=O)N2CCC[C@@H](c3nnc4ccccn34)C2)CC1=O. The summed E-state index contributed by atoms with van der Waals surface area (Å²) in [5, 5.41) is 8.59. The van der Waals surface area contributed by atoms with E-state index in [9.17, 15) is 9.59 Å². The van der Waals surface area contributed by atoms with E-state index in [1.165, 1.54) is 0 Å². The molecule has 2 aliphatic rings. The molecule has 0 saturated carbocycles. The van der Waals surface area contributed by atoms with Gasteiger partial charge in [0.1, 0.15) is 5.82 Å². The van der Waals surface area contributed by atoms with Crippen LogP contribution in [0.5, 0.6) is 0 Å². The maximum Gasteiger partial charge on any atom is 0.228 e. The van der Waals surface area contributed by atoms with E-state index < -0.39 is 0 Å². The molecule has 0 aromatic carbocycles. The fourth-order valence-corrected chi connectivity index (χ4v) is 4.03. The predicted octanol–water partition coefficient (Wildman–Crippen LogP) is 1.30. The van der Waals surface area contributed by atoms with Gasteiger partial charge >= 0.3 is 0 Å². The molecule has 2 fully saturated rings. The number of amides is 2. The third kappa shape index (κ3) is 2.88. The van der Waals surface area contributed by atoms with Gasteiger partial charge in [-0.05, 0) is 31.9 Å². The molecule has 25 heavy (non-hydrogen) atoms. The van der Waals surface area contributed by atoms with Gasteiger partial charge in [0.25, 0.3) is 0 Å². The third-order valence-corrected chi connectivity index (χ3v) is 5.38. The van der Waals surface area contributed by atoms with Gasteiger partial charge in [0.05, 0.1) is 5.92 Å². The molecule has 2 amide bonds. The van der Waals surface area contributed by atoms with Crippen LogP contribution in [0, 0.1) is 5.92 Å². The van der Waals surface area contributed by atoms with Crippen LogP contribution in [-0.2, 0) is 9.59 Å². The highest BCUT2D eigenvalue weighted by Crippen LogP contribution is 2.28. The lowest BCUT2D eigenvalue weighted by molar-refractivity contribution is -0.137. The number of hydrogen-bond acceptors (Lipinski definition) is 4. The van der Waals surface area contributed by atoms with Gasteiger partial charge < -0.3 is 9.80 Å². The highest BCUT2D eigenvalue weighted by atomic mass is 16.2. The van der Waals surface area contributed by atoms with Crippen LogP contribution in [0.1, 0.15) is 37.9 Å². The molecule has 2 aliphatic heterocycles. The quantitative estimate of drug-likeness (QED) is 0.844. The van der Waals surface area contributed by atoms with Crippen LogP contribution in [0.15, 0.2) is 24.4 Å². The first-order valence-electron chi connectivity index (χ1n) is 9.03. The molecule has 2 saturated heterocycles. The fraction of sp³-hybridized carbons (Fsp3) is 0.556. The van der Waals surface area contributed by atoms with Crippen LogP contribution in [0.4, 0.5) is 0 Å². The number of hydrogen-bond donors (Lipinski definition) is 0. The summed E-state index contributed by atoms with van der Waals surface area (Å²) in [7, 11) is 0. The zero-order valence-electron chi connectivity index (χ0n) is 14.5. The number of fused-ring (bicyclic) bond motifs is 1. The first-order chi connectivity index (χ1) is 12.2. The largest absolute Gasteiger partial charge is 0.342 e. The van der Waals surface area contributed by atoms with Crippen LogP contribution in [0.25, 0.3) is 5.65 Å². The monoisotopic (exact) mass is 341 g/mol. The van der Waals surface area contributed by atoms with Gasteiger partial charge in [0, 0.05) is 44.7 Å². The van der Waals surface area contributed by atoms with Gasteiger partial charge in [-0.25, -0.2) is 0 Å². The molecule has 4 rings (SSSR count). The van der Waals surface area contributed by atoms with Crippen molar-refractivity contribution in [2.24, 2.45) is 5.92 Å². The third-order valence-electron chi connectivity index (χ3n) is 5.38. The van der Waals surface area contributed by atoms with Crippen LogP contribution in [-0.4, -0.2) is 62.4 Å². The average Bonchev–Trinajstić information content (AvgIpc) is 3.24. The topological polar surface area (TPSA) is 70.8 Å². The molecule has 7 nitrogen and oxygen atoms in total. The number of aromatic nitrogens is 3. The predicted molar refractivity (Wildman–Crippen MR) is 91.9 cm³/mol. The summed E-state index contributed by atoms with van der Waals surface area (Å²) < 4.78 is 2.01. The first kappa shape index (κ1) is 16.1. The number of nitrogens with zero attached hydrogens (tertiary/aromatic N) is 5. The van der Waals surface area contributed by atoms with Gasteiger partial charge in [0.2, 0.25) is 11.8 Å². The Kier molecular flexibility index (Phi) is 4.15. The molecule has 0 aliphatic carbocycles. The van der Waals surface area contributed by atoms with Gasteiger partial charge in [-0.15, -0.1) is 10.2 Å². The minimum atomic E-state index is -0.193. The summed E-state index contributed by atoms with van der Waals surface area (Å²) in [5.41, 5.74) is 0.834. The van der Waals surface area contributed by atoms with Gasteiger partial charge in [-0.1, -0.05) is 6.07 Å². The minimum absolute atomic E-state index is 0.0952. The lowest BCUT2D eigenvalue weighted by atomic mass is 9.95. The van der Waals surface area contributed by atoms with E-state index in [1.54, 1.807) is 4.90 Å². The Balaban J connectivity index is 1.49. The average molecular weight is 341 g/mol. The number of carbonyl (C=O) groups is 2. The first-order valence-corrected chi connectivity index (χ1v) is 9.03. The highest BCUT2D eigenvalue weighted by molar-refractivity contribution is 5.89. The van der Waals surface area contributed by atoms with Crippen molar-refractivity contribution in [3.63, 3.8) is 0 Å². The number of piperidine rings is 1. The second kappa shape index (κ2) is 6.46. The Morgan fingerprint density at radius 2 is 2.16 bits per heavy atom. The summed E-state index contributed by atoms with van der Waals surface area (Å²) >= 11 is 0. The fourth-order valence-electron chi connectivity index (χ4n) is 4.03. The Morgan fingerprint density at radius 3 is 2.96 bits per heavy atom. The van der Waals surface area contributed by atoms with Crippen LogP contribution >= 0.6 is 0 Å². The Labute approximate surface area is 146 Å². The van der Waals surface area contributed by atoms with Crippen molar-refractivity contribution in [2.45, 2.75) is 32.1 Å². The molecule has 0 N–H and O–H groups in total. The number of carbonyl (C=O) groups excluding carboxylic acids is 2. The standard InChI is InChI=1S/C18H23N5O2/c1-2-21-12-14(10-16(21)24)18(25)22-8-5-6-13(11-22)17-20-19-15-7-3-4-9-23(15)17/h3-4,7,9,13-14H,2,5-6,8,10-12H2,1H3/t13-,14-/m1/s1. The molecule has 132 valence electrons. The molecule has 0 bridgehead atoms. The lowest BCUT2D eigenvalue weighted by Gasteiger charge is -2.33. The lowest BCUT2D eigenvalue weighted by Crippen LogP contribution is -2.43. The van der Waals surface area contributed by atoms with Crippen LogP contribution in [0.3, 0.4) is 0 Å². The number of likely N-dealkylation sites (tertiary alicyclic amines) is 2. The Morgan fingerprint density at radius 1 is 1.28 bits per heavy atom. The van der Waals surface area contributed by atoms with Crippen molar-refractivity contribution in [2.75, 3.05) is 26.2 Å². The number of rotatable bonds is 3. The van der Waals surface area contributed by atoms with E-state index in [4.69, 9.17) is 0 Å². The van der Waals surface area contributed by atoms with E-state index in [1.807, 2.05) is 40.6 Å². The van der Waals surface area contributed by atoms with Gasteiger partial charge in [-0.3, -0.25) is 14.0 Å². The molecule has 2 aromatic rings. The van der Waals surface area contributed by atoms with Crippen molar-refractivity contribution in [1.29, 1.82) is 0 Å². The Bertz CT molecular complexity index is 802. The normalized spacial score (nSPS) is 24.3. The number of pyridine rings is 1. The smallest absolute Gasteiger partial charge is 0.228 e. The summed E-state index contributed by atoms with van der Waals surface area (Å²) in [6.45, 7) is 4.62. The van der Waals surface area contributed by atoms with Crippen molar-refractivity contribution in [3.05, 3.63) is 30.2 Å². The van der Waals surface area contributed by atoms with E-state index in [-0.39, 0.29) is 23.7 Å². The van der Waals surface area contributed by atoms with Gasteiger partial charge in [0.15, 0.2) is 5.65 Å². The molecule has 0 radical (unpaired) electrons. The zero-order valence-corrected chi connectivity index (χ0v) is 14.5. The minimum Gasteiger partial charge on any atom is -0.342 e. The van der Waals surface area contributed by atoms with E-state index in [2.05, 4.69) is 10.2 Å². The summed E-state index contributed by atoms with van der Waals surface area (Å²) in [5.74, 6) is 1.13. The molecule has 4 heterocycles. The molecule has 2 atom stereocenters. The van der Waals surface area contributed by atoms with E-state index >= 15 is 0 Å². The summed E-state index contributed by atoms with van der Waals surface area (Å²) in [4.78, 5) is 28.5. The summed E-state index contributed by atoms with van der Waals surface area (Å²) in [6, 6.07) is 5.85. The van der Waals surface area contributed by atoms with E-state index in [0.29, 0.717) is 26.1 Å². The second-order valence-electron chi connectivity index (χ2n) is 6.94. The van der Waals surface area contributed by atoms with Crippen LogP contribution in [0.2, 0.25) is 0 Å². The second-order valence-corrected chi connectivity index (χ2v) is 6.94. The van der Waals surface area contributed by atoms with Crippen molar-refractivity contribution >= 4 is 17.5 Å². The molecule has 7 heteroatoms.